The molecule has 4 atom stereocenters. The van der Waals surface area contributed by atoms with Gasteiger partial charge in [0.25, 0.3) is 0 Å². The summed E-state index contributed by atoms with van der Waals surface area (Å²) in [6.07, 6.45) is 16.2. The van der Waals surface area contributed by atoms with Crippen LogP contribution in [0.3, 0.4) is 0 Å². The van der Waals surface area contributed by atoms with Crippen molar-refractivity contribution in [3.8, 4) is 0 Å². The van der Waals surface area contributed by atoms with E-state index in [4.69, 9.17) is 0 Å². The van der Waals surface area contributed by atoms with Crippen LogP contribution in [-0.2, 0) is 4.79 Å². The number of allylic oxidation sites excluding steroid dienone is 4. The molecule has 4 aliphatic rings. The zero-order chi connectivity index (χ0) is 16.0. The molecule has 126 valence electrons. The number of hydrogen-bond donors (Lipinski definition) is 0. The topological polar surface area (TPSA) is 17.1 Å². The highest BCUT2D eigenvalue weighted by molar-refractivity contribution is 5.91. The standard InChI is InChI=1S/C22H32O/c1-3-4-5-15-6-8-19-18(15)10-11-21-20(19)9-7-16-14-17(23)12-13-22(16,21)2/h14-15,20-21H,3-13H2,1-2H3/t15-,20-,21-,22-/m0/s1. The molecule has 0 aromatic rings. The molecule has 1 fully saturated rings. The average Bonchev–Trinajstić information content (AvgIpc) is 2.97. The quantitative estimate of drug-likeness (QED) is 0.584. The summed E-state index contributed by atoms with van der Waals surface area (Å²) >= 11 is 0. The second kappa shape index (κ2) is 5.90. The molecule has 0 saturated heterocycles. The third kappa shape index (κ3) is 2.46. The van der Waals surface area contributed by atoms with Crippen molar-refractivity contribution in [2.75, 3.05) is 0 Å². The van der Waals surface area contributed by atoms with Crippen LogP contribution in [0.1, 0.15) is 84.5 Å². The van der Waals surface area contributed by atoms with Gasteiger partial charge >= 0.3 is 0 Å². The Morgan fingerprint density at radius 2 is 1.91 bits per heavy atom. The van der Waals surface area contributed by atoms with Crippen molar-refractivity contribution in [3.05, 3.63) is 22.8 Å². The van der Waals surface area contributed by atoms with Gasteiger partial charge in [-0.25, -0.2) is 0 Å². The molecule has 1 heteroatoms. The molecule has 4 aliphatic carbocycles. The number of hydrogen-bond acceptors (Lipinski definition) is 1. The van der Waals surface area contributed by atoms with E-state index in [1.165, 1.54) is 63.4 Å². The van der Waals surface area contributed by atoms with Crippen molar-refractivity contribution in [3.63, 3.8) is 0 Å². The molecule has 0 aliphatic heterocycles. The summed E-state index contributed by atoms with van der Waals surface area (Å²) in [5.74, 6) is 2.97. The Morgan fingerprint density at radius 3 is 2.74 bits per heavy atom. The lowest BCUT2D eigenvalue weighted by Crippen LogP contribution is -2.43. The molecule has 0 heterocycles. The summed E-state index contributed by atoms with van der Waals surface area (Å²) in [6.45, 7) is 4.80. The van der Waals surface area contributed by atoms with Crippen LogP contribution in [0.15, 0.2) is 22.8 Å². The molecule has 0 N–H and O–H groups in total. The van der Waals surface area contributed by atoms with Gasteiger partial charge in [0.15, 0.2) is 5.78 Å². The molecule has 23 heavy (non-hydrogen) atoms. The molecule has 0 radical (unpaired) electrons. The Labute approximate surface area is 141 Å². The van der Waals surface area contributed by atoms with Crippen molar-refractivity contribution >= 4 is 5.78 Å². The van der Waals surface area contributed by atoms with E-state index in [1.807, 2.05) is 17.2 Å². The Balaban J connectivity index is 1.61. The van der Waals surface area contributed by atoms with Crippen molar-refractivity contribution < 1.29 is 4.79 Å². The number of rotatable bonds is 3. The minimum absolute atomic E-state index is 0.330. The second-order valence-electron chi connectivity index (χ2n) is 8.77. The summed E-state index contributed by atoms with van der Waals surface area (Å²) in [4.78, 5) is 11.9. The largest absolute Gasteiger partial charge is 0.295 e. The van der Waals surface area contributed by atoms with Gasteiger partial charge in [0.05, 0.1) is 0 Å². The first-order valence-electron chi connectivity index (χ1n) is 10.1. The Bertz CT molecular complexity index is 567. The van der Waals surface area contributed by atoms with Gasteiger partial charge in [-0.3, -0.25) is 4.79 Å². The lowest BCUT2D eigenvalue weighted by Gasteiger charge is -2.52. The SMILES string of the molecule is CCCC[C@H]1CCC2=C1CC[C@H]1[C@H]2CCC2=CC(=O)CC[C@@]21C. The Kier molecular flexibility index (Phi) is 4.02. The average molecular weight is 312 g/mol. The van der Waals surface area contributed by atoms with Crippen LogP contribution < -0.4 is 0 Å². The van der Waals surface area contributed by atoms with Crippen molar-refractivity contribution in [2.45, 2.75) is 84.5 Å². The molecule has 0 unspecified atom stereocenters. The normalized spacial score (nSPS) is 39.7. The number of ketones is 1. The molecular formula is C22H32O. The molecule has 0 bridgehead atoms. The van der Waals surface area contributed by atoms with Gasteiger partial charge < -0.3 is 0 Å². The van der Waals surface area contributed by atoms with Gasteiger partial charge in [-0.1, -0.05) is 43.4 Å². The highest BCUT2D eigenvalue weighted by atomic mass is 16.1. The van der Waals surface area contributed by atoms with E-state index < -0.39 is 0 Å². The van der Waals surface area contributed by atoms with E-state index in [9.17, 15) is 4.79 Å². The van der Waals surface area contributed by atoms with E-state index in [0.717, 1.165) is 30.6 Å². The lowest BCUT2D eigenvalue weighted by atomic mass is 9.52. The first-order valence-corrected chi connectivity index (χ1v) is 10.1. The molecule has 0 spiro atoms. The zero-order valence-electron chi connectivity index (χ0n) is 15.0. The predicted octanol–water partition coefficient (Wildman–Crippen LogP) is 6.00. The smallest absolute Gasteiger partial charge is 0.155 e. The molecule has 4 rings (SSSR count). The van der Waals surface area contributed by atoms with Gasteiger partial charge in [0.1, 0.15) is 0 Å². The fourth-order valence-electron chi connectivity index (χ4n) is 6.44. The summed E-state index contributed by atoms with van der Waals surface area (Å²) < 4.78 is 0. The number of fused-ring (bicyclic) bond motifs is 4. The highest BCUT2D eigenvalue weighted by Crippen LogP contribution is 2.60. The number of carbonyl (C=O) groups is 1. The van der Waals surface area contributed by atoms with Gasteiger partial charge in [-0.05, 0) is 80.6 Å². The van der Waals surface area contributed by atoms with Crippen LogP contribution in [0, 0.1) is 23.2 Å². The first kappa shape index (κ1) is 15.7. The summed E-state index contributed by atoms with van der Waals surface area (Å²) in [6, 6.07) is 0. The van der Waals surface area contributed by atoms with Crippen LogP contribution in [0.4, 0.5) is 0 Å². The summed E-state index contributed by atoms with van der Waals surface area (Å²) in [5, 5.41) is 0. The van der Waals surface area contributed by atoms with Crippen LogP contribution >= 0.6 is 0 Å². The summed E-state index contributed by atoms with van der Waals surface area (Å²) in [7, 11) is 0. The van der Waals surface area contributed by atoms with Crippen molar-refractivity contribution in [2.24, 2.45) is 23.2 Å². The highest BCUT2D eigenvalue weighted by Gasteiger charge is 2.50. The fraction of sp³-hybridized carbons (Fsp3) is 0.773. The van der Waals surface area contributed by atoms with Gasteiger partial charge in [0, 0.05) is 6.42 Å². The van der Waals surface area contributed by atoms with E-state index in [0.29, 0.717) is 11.2 Å². The molecule has 0 aromatic carbocycles. The first-order chi connectivity index (χ1) is 11.1. The van der Waals surface area contributed by atoms with Crippen molar-refractivity contribution in [1.82, 2.24) is 0 Å². The predicted molar refractivity (Wildman–Crippen MR) is 95.2 cm³/mol. The molecule has 1 nitrogen and oxygen atoms in total. The van der Waals surface area contributed by atoms with E-state index in [1.54, 1.807) is 0 Å². The minimum atomic E-state index is 0.330. The maximum atomic E-state index is 11.9. The van der Waals surface area contributed by atoms with Crippen LogP contribution in [0.2, 0.25) is 0 Å². The Morgan fingerprint density at radius 1 is 1.09 bits per heavy atom. The maximum absolute atomic E-state index is 11.9. The third-order valence-electron chi connectivity index (χ3n) is 7.73. The monoisotopic (exact) mass is 312 g/mol. The molecule has 0 amide bonds. The molecule has 1 saturated carbocycles. The van der Waals surface area contributed by atoms with Crippen molar-refractivity contribution in [1.29, 1.82) is 0 Å². The second-order valence-corrected chi connectivity index (χ2v) is 8.77. The maximum Gasteiger partial charge on any atom is 0.155 e. The van der Waals surface area contributed by atoms with E-state index in [2.05, 4.69) is 13.8 Å². The van der Waals surface area contributed by atoms with Gasteiger partial charge in [-0.15, -0.1) is 0 Å². The Hall–Kier alpha value is -0.850. The summed E-state index contributed by atoms with van der Waals surface area (Å²) in [5.41, 5.74) is 5.61. The zero-order valence-corrected chi connectivity index (χ0v) is 15.0. The molecular weight excluding hydrogens is 280 g/mol. The van der Waals surface area contributed by atoms with Crippen LogP contribution in [0.5, 0.6) is 0 Å². The number of unbranched alkanes of at least 4 members (excludes halogenated alkanes) is 1. The van der Waals surface area contributed by atoms with E-state index in [-0.39, 0.29) is 0 Å². The third-order valence-corrected chi connectivity index (χ3v) is 7.73. The fourth-order valence-corrected chi connectivity index (χ4v) is 6.44. The van der Waals surface area contributed by atoms with E-state index >= 15 is 0 Å². The van der Waals surface area contributed by atoms with Gasteiger partial charge in [0.2, 0.25) is 0 Å². The number of carbonyl (C=O) groups excluding carboxylic acids is 1. The minimum Gasteiger partial charge on any atom is -0.295 e. The van der Waals surface area contributed by atoms with Crippen LogP contribution in [-0.4, -0.2) is 5.78 Å². The van der Waals surface area contributed by atoms with Crippen LogP contribution in [0.25, 0.3) is 0 Å². The van der Waals surface area contributed by atoms with Gasteiger partial charge in [-0.2, -0.15) is 0 Å². The lowest BCUT2D eigenvalue weighted by molar-refractivity contribution is -0.116. The molecule has 0 aromatic heterocycles.